The summed E-state index contributed by atoms with van der Waals surface area (Å²) in [4.78, 5) is 18.8. The first-order chi connectivity index (χ1) is 9.94. The van der Waals surface area contributed by atoms with E-state index in [4.69, 9.17) is 17.3 Å². The van der Waals surface area contributed by atoms with Gasteiger partial charge < -0.3 is 5.73 Å². The topological polar surface area (TPSA) is 94.0 Å². The second-order valence-electron chi connectivity index (χ2n) is 4.00. The predicted molar refractivity (Wildman–Crippen MR) is 88.0 cm³/mol. The smallest absolute Gasteiger partial charge is 0.310 e. The van der Waals surface area contributed by atoms with Gasteiger partial charge in [0.2, 0.25) is 0 Å². The molecule has 0 unspecified atom stereocenters. The normalized spacial score (nSPS) is 11.3. The summed E-state index contributed by atoms with van der Waals surface area (Å²) < 4.78 is 0.906. The maximum Gasteiger partial charge on any atom is 0.369 e. The summed E-state index contributed by atoms with van der Waals surface area (Å²) in [5.41, 5.74) is 7.16. The average molecular weight is 390 g/mol. The van der Waals surface area contributed by atoms with Crippen LogP contribution in [0.2, 0.25) is 5.02 Å². The summed E-state index contributed by atoms with van der Waals surface area (Å²) in [6, 6.07) is 6.27. The number of nitrogens with one attached hydrogen (secondary N) is 3. The number of carbonyl (C=O) groups is 1. The molecule has 1 aromatic heterocycles. The number of thiazole rings is 1. The Morgan fingerprint density at radius 1 is 1.43 bits per heavy atom. The lowest BCUT2D eigenvalue weighted by Crippen LogP contribution is -2.74. The Kier molecular flexibility index (Phi) is 5.16. The fraction of sp³-hybridized carbons (Fsp3) is 0.0833. The number of hydrogen-bond donors (Lipinski definition) is 4. The molecule has 2 amide bonds. The van der Waals surface area contributed by atoms with Crippen LogP contribution in [0.5, 0.6) is 0 Å². The van der Waals surface area contributed by atoms with Gasteiger partial charge in [-0.2, -0.15) is 0 Å². The standard InChI is InChI=1S/C12H11BrClN5OS/c1-6-9(13)21-12(16-6)19-10(15)18-11(20)17-8-4-2-7(14)3-5-8/h2-5H,1H3,(H4,15,16,17,18,19,20)/p+1. The molecule has 0 saturated carbocycles. The molecule has 0 saturated heterocycles. The van der Waals surface area contributed by atoms with Crippen LogP contribution >= 0.6 is 38.9 Å². The van der Waals surface area contributed by atoms with Crippen LogP contribution in [0, 0.1) is 6.92 Å². The fourth-order valence-corrected chi connectivity index (χ4v) is 2.78. The number of amides is 2. The van der Waals surface area contributed by atoms with Crippen molar-refractivity contribution >= 4 is 61.7 Å². The molecule has 0 aliphatic heterocycles. The number of rotatable bonds is 2. The van der Waals surface area contributed by atoms with Crippen molar-refractivity contribution in [3.63, 3.8) is 0 Å². The zero-order chi connectivity index (χ0) is 15.4. The van der Waals surface area contributed by atoms with Gasteiger partial charge in [-0.25, -0.2) is 15.1 Å². The second-order valence-corrected chi connectivity index (χ2v) is 6.76. The molecule has 0 fully saturated rings. The summed E-state index contributed by atoms with van der Waals surface area (Å²) in [5, 5.41) is 6.28. The highest BCUT2D eigenvalue weighted by Crippen LogP contribution is 2.24. The van der Waals surface area contributed by atoms with Crippen molar-refractivity contribution in [1.29, 1.82) is 0 Å². The van der Waals surface area contributed by atoms with Gasteiger partial charge in [-0.05, 0) is 47.1 Å². The van der Waals surface area contributed by atoms with E-state index in [1.807, 2.05) is 6.92 Å². The number of halogens is 2. The van der Waals surface area contributed by atoms with Crippen LogP contribution < -0.4 is 21.4 Å². The molecule has 21 heavy (non-hydrogen) atoms. The van der Waals surface area contributed by atoms with E-state index < -0.39 is 6.03 Å². The number of aryl methyl sites for hydroxylation is 1. The Hall–Kier alpha value is -1.64. The minimum atomic E-state index is -0.463. The third-order valence-electron chi connectivity index (χ3n) is 2.33. The van der Waals surface area contributed by atoms with Crippen molar-refractivity contribution in [3.05, 3.63) is 38.8 Å². The van der Waals surface area contributed by atoms with Crippen LogP contribution in [0.25, 0.3) is 0 Å². The van der Waals surface area contributed by atoms with E-state index in [0.717, 1.165) is 9.48 Å². The van der Waals surface area contributed by atoms with Crippen molar-refractivity contribution in [1.82, 2.24) is 10.3 Å². The van der Waals surface area contributed by atoms with Crippen LogP contribution in [-0.2, 0) is 0 Å². The molecule has 0 atom stereocenters. The monoisotopic (exact) mass is 388 g/mol. The molecular weight excluding hydrogens is 378 g/mol. The lowest BCUT2D eigenvalue weighted by Gasteiger charge is -2.03. The van der Waals surface area contributed by atoms with Crippen molar-refractivity contribution in [2.24, 2.45) is 5.73 Å². The lowest BCUT2D eigenvalue weighted by atomic mass is 10.3. The molecule has 2 rings (SSSR count). The molecule has 1 aromatic carbocycles. The van der Waals surface area contributed by atoms with Gasteiger partial charge in [-0.15, -0.1) is 4.98 Å². The van der Waals surface area contributed by atoms with Gasteiger partial charge in [0.1, 0.15) is 9.48 Å². The Bertz CT molecular complexity index is 666. The number of anilines is 1. The van der Waals surface area contributed by atoms with E-state index in [-0.39, 0.29) is 5.96 Å². The largest absolute Gasteiger partial charge is 0.369 e. The molecule has 0 aliphatic rings. The molecule has 0 bridgehead atoms. The molecular formula is C12H12BrClN5OS+. The van der Waals surface area contributed by atoms with Gasteiger partial charge in [-0.3, -0.25) is 5.32 Å². The molecule has 0 aliphatic carbocycles. The molecule has 5 N–H and O–H groups in total. The van der Waals surface area contributed by atoms with Gasteiger partial charge in [0.15, 0.2) is 0 Å². The summed E-state index contributed by atoms with van der Waals surface area (Å²) in [6.07, 6.45) is 0. The average Bonchev–Trinajstić information content (AvgIpc) is 2.70. The van der Waals surface area contributed by atoms with E-state index in [0.29, 0.717) is 15.8 Å². The third kappa shape index (κ3) is 4.69. The highest BCUT2D eigenvalue weighted by Gasteiger charge is 2.11. The lowest BCUT2D eigenvalue weighted by molar-refractivity contribution is -0.357. The van der Waals surface area contributed by atoms with Crippen LogP contribution in [0.1, 0.15) is 5.69 Å². The first-order valence-electron chi connectivity index (χ1n) is 5.80. The van der Waals surface area contributed by atoms with Crippen LogP contribution in [0.4, 0.5) is 15.6 Å². The molecule has 0 radical (unpaired) electrons. The summed E-state index contributed by atoms with van der Waals surface area (Å²) in [6.45, 7) is 1.86. The zero-order valence-electron chi connectivity index (χ0n) is 10.9. The number of carbonyl (C=O) groups excluding carboxylic acids is 1. The minimum Gasteiger partial charge on any atom is -0.310 e. The Morgan fingerprint density at radius 3 is 2.67 bits per heavy atom. The van der Waals surface area contributed by atoms with Crippen LogP contribution in [0.3, 0.4) is 0 Å². The van der Waals surface area contributed by atoms with Gasteiger partial charge in [0, 0.05) is 10.7 Å². The summed E-state index contributed by atoms with van der Waals surface area (Å²) in [7, 11) is 0. The highest BCUT2D eigenvalue weighted by molar-refractivity contribution is 9.11. The molecule has 1 heterocycles. The van der Waals surface area contributed by atoms with Crippen molar-refractivity contribution in [3.8, 4) is 0 Å². The van der Waals surface area contributed by atoms with Gasteiger partial charge in [0.25, 0.3) is 5.13 Å². The van der Waals surface area contributed by atoms with E-state index in [1.165, 1.54) is 11.3 Å². The van der Waals surface area contributed by atoms with E-state index >= 15 is 0 Å². The molecule has 6 nitrogen and oxygen atoms in total. The van der Waals surface area contributed by atoms with Crippen molar-refractivity contribution < 1.29 is 9.79 Å². The third-order valence-corrected chi connectivity index (χ3v) is 4.50. The molecule has 110 valence electrons. The number of urea groups is 1. The Morgan fingerprint density at radius 2 is 2.10 bits per heavy atom. The van der Waals surface area contributed by atoms with Crippen molar-refractivity contribution in [2.75, 3.05) is 5.32 Å². The van der Waals surface area contributed by atoms with E-state index in [2.05, 4.69) is 36.5 Å². The number of nitrogens with zero attached hydrogens (tertiary/aromatic N) is 1. The quantitative estimate of drug-likeness (QED) is 0.465. The molecule has 9 heteroatoms. The van der Waals surface area contributed by atoms with Gasteiger partial charge >= 0.3 is 12.0 Å². The minimum absolute atomic E-state index is 0.0858. The SMILES string of the molecule is Cc1nc([NH+]=C(N)NC(=O)Nc2ccc(Cl)cc2)sc1Br. The maximum atomic E-state index is 11.7. The number of aromatic nitrogens is 1. The fourth-order valence-electron chi connectivity index (χ4n) is 1.40. The maximum absolute atomic E-state index is 11.7. The Labute approximate surface area is 138 Å². The van der Waals surface area contributed by atoms with Crippen LogP contribution in [-0.4, -0.2) is 17.0 Å². The molecule has 0 spiro atoms. The number of benzene rings is 1. The summed E-state index contributed by atoms with van der Waals surface area (Å²) in [5.74, 6) is 0.0858. The second kappa shape index (κ2) is 6.88. The Balaban J connectivity index is 1.97. The predicted octanol–water partition coefficient (Wildman–Crippen LogP) is 1.72. The number of guanidine groups is 1. The first kappa shape index (κ1) is 15.7. The van der Waals surface area contributed by atoms with Crippen molar-refractivity contribution in [2.45, 2.75) is 6.92 Å². The zero-order valence-corrected chi connectivity index (χ0v) is 14.1. The highest BCUT2D eigenvalue weighted by atomic mass is 79.9. The number of nitrogens with two attached hydrogens (primary N) is 1. The molecule has 2 aromatic rings. The van der Waals surface area contributed by atoms with Crippen LogP contribution in [0.15, 0.2) is 28.1 Å². The summed E-state index contributed by atoms with van der Waals surface area (Å²) >= 11 is 10.5. The first-order valence-corrected chi connectivity index (χ1v) is 7.79. The van der Waals surface area contributed by atoms with E-state index in [1.54, 1.807) is 24.3 Å². The van der Waals surface area contributed by atoms with Gasteiger partial charge in [-0.1, -0.05) is 22.9 Å². The number of hydrogen-bond acceptors (Lipinski definition) is 3. The van der Waals surface area contributed by atoms with E-state index in [9.17, 15) is 4.79 Å². The van der Waals surface area contributed by atoms with Gasteiger partial charge in [0.05, 0.1) is 0 Å².